The van der Waals surface area contributed by atoms with Gasteiger partial charge in [-0.05, 0) is 106 Å². The van der Waals surface area contributed by atoms with Crippen LogP contribution >= 0.6 is 0 Å². The van der Waals surface area contributed by atoms with E-state index in [0.717, 1.165) is 13.1 Å². The van der Waals surface area contributed by atoms with Crippen LogP contribution in [0.3, 0.4) is 0 Å². The number of rotatable bonds is 8. The number of aliphatic imine (C=N–C) groups is 2. The van der Waals surface area contributed by atoms with Crippen molar-refractivity contribution < 1.29 is 16.8 Å². The van der Waals surface area contributed by atoms with E-state index in [4.69, 9.17) is 0 Å². The van der Waals surface area contributed by atoms with Crippen LogP contribution in [-0.4, -0.2) is 59.7 Å². The van der Waals surface area contributed by atoms with Gasteiger partial charge in [0.2, 0.25) is 0 Å². The minimum atomic E-state index is 0. The summed E-state index contributed by atoms with van der Waals surface area (Å²) >= 11 is 0. The van der Waals surface area contributed by atoms with E-state index in [9.17, 15) is 0 Å². The summed E-state index contributed by atoms with van der Waals surface area (Å²) in [6.45, 7) is 22.9. The molecule has 0 aromatic heterocycles. The summed E-state index contributed by atoms with van der Waals surface area (Å²) < 4.78 is 0. The second kappa shape index (κ2) is 16.3. The van der Waals surface area contributed by atoms with E-state index in [1.165, 1.54) is 0 Å². The van der Waals surface area contributed by atoms with Gasteiger partial charge in [0.25, 0.3) is 0 Å². The van der Waals surface area contributed by atoms with E-state index < -0.39 is 0 Å². The fourth-order valence-electron chi connectivity index (χ4n) is 1.96. The topological polar surface area (TPSA) is 31.2 Å². The van der Waals surface area contributed by atoms with E-state index in [1.807, 2.05) is 13.8 Å². The van der Waals surface area contributed by atoms with Gasteiger partial charge in [-0.3, -0.25) is 12.7 Å². The Morgan fingerprint density at radius 3 is 0.957 bits per heavy atom. The maximum Gasteiger partial charge on any atom is 2.00 e. The molecule has 0 fully saturated rings. The van der Waals surface area contributed by atoms with Gasteiger partial charge in [-0.2, -0.15) is 0 Å². The smallest absolute Gasteiger partial charge is 0.533 e. The van der Waals surface area contributed by atoms with Gasteiger partial charge in [0, 0.05) is 0 Å². The molecule has 0 heterocycles. The Morgan fingerprint density at radius 1 is 0.609 bits per heavy atom. The Labute approximate surface area is 156 Å². The summed E-state index contributed by atoms with van der Waals surface area (Å²) in [6.07, 6.45) is 6.05. The predicted octanol–water partition coefficient (Wildman–Crippen LogP) is 4.06. The first-order chi connectivity index (χ1) is 10.2. The minimum Gasteiger partial charge on any atom is -0.533 e. The molecule has 0 rings (SSSR count). The van der Waals surface area contributed by atoms with Gasteiger partial charge in [-0.1, -0.05) is 0 Å². The Bertz CT molecular complexity index is 253. The van der Waals surface area contributed by atoms with Crippen molar-refractivity contribution in [1.82, 2.24) is 9.80 Å². The Kier molecular flexibility index (Phi) is 19.4. The molecule has 4 nitrogen and oxygen atoms in total. The van der Waals surface area contributed by atoms with Crippen LogP contribution in [0, 0.1) is 0 Å². The molecule has 0 aliphatic heterocycles. The molecule has 1 radical (unpaired) electrons. The van der Waals surface area contributed by atoms with Crippen molar-refractivity contribution in [2.45, 2.75) is 93.4 Å². The van der Waals surface area contributed by atoms with Crippen LogP contribution in [0.4, 0.5) is 0 Å². The Hall–Kier alpha value is -0.554. The van der Waals surface area contributed by atoms with Crippen molar-refractivity contribution in [2.75, 3.05) is 13.1 Å². The first kappa shape index (κ1) is 27.3. The third-order valence-corrected chi connectivity index (χ3v) is 2.91. The molecule has 0 aliphatic rings. The van der Waals surface area contributed by atoms with Crippen molar-refractivity contribution in [2.24, 2.45) is 9.98 Å². The maximum absolute atomic E-state index is 4.09. The van der Waals surface area contributed by atoms with E-state index in [-0.39, 0.29) is 16.8 Å². The van der Waals surface area contributed by atoms with Crippen LogP contribution in [0.1, 0.15) is 69.2 Å². The number of hydrogen-bond donors (Lipinski definition) is 0. The molecule has 0 atom stereocenters. The second-order valence-corrected chi connectivity index (χ2v) is 6.34. The quantitative estimate of drug-likeness (QED) is 0.280. The monoisotopic (exact) mass is 369 g/mol. The first-order valence-corrected chi connectivity index (χ1v) is 8.59. The van der Waals surface area contributed by atoms with Gasteiger partial charge in [0.15, 0.2) is 0 Å². The molecule has 23 heavy (non-hydrogen) atoms. The van der Waals surface area contributed by atoms with Crippen LogP contribution in [0.5, 0.6) is 0 Å². The molecule has 0 bridgehead atoms. The maximum atomic E-state index is 4.09. The van der Waals surface area contributed by atoms with Crippen LogP contribution in [0.25, 0.3) is 0 Å². The molecular weight excluding hydrogens is 331 g/mol. The van der Waals surface area contributed by atoms with Crippen molar-refractivity contribution in [1.29, 1.82) is 0 Å². The zero-order valence-corrected chi connectivity index (χ0v) is 17.9. The van der Waals surface area contributed by atoms with Crippen molar-refractivity contribution in [3.63, 3.8) is 0 Å². The number of nitrogens with zero attached hydrogens (tertiary/aromatic N) is 4. The molecule has 0 N–H and O–H groups in total. The average Bonchev–Trinajstić information content (AvgIpc) is 2.38. The van der Waals surface area contributed by atoms with Crippen LogP contribution in [0.15, 0.2) is 9.98 Å². The normalized spacial score (nSPS) is 11.4. The fraction of sp³-hybridized carbons (Fsp3) is 0.889. The molecule has 0 aliphatic carbocycles. The molecule has 0 amide bonds. The summed E-state index contributed by atoms with van der Waals surface area (Å²) in [6, 6.07) is 1.96. The molecule has 0 saturated carbocycles. The molecule has 0 saturated heterocycles. The van der Waals surface area contributed by atoms with E-state index in [0.29, 0.717) is 24.2 Å². The van der Waals surface area contributed by atoms with Crippen molar-refractivity contribution in [3.05, 3.63) is 0 Å². The van der Waals surface area contributed by atoms with Crippen molar-refractivity contribution in [3.8, 4) is 0 Å². The van der Waals surface area contributed by atoms with Gasteiger partial charge in [0.05, 0.1) is 0 Å². The van der Waals surface area contributed by atoms with Gasteiger partial charge in [-0.15, -0.1) is 0 Å². The molecule has 0 aromatic carbocycles. The number of hydrogen-bond acceptors (Lipinski definition) is 2. The minimum absolute atomic E-state index is 0. The van der Waals surface area contributed by atoms with Gasteiger partial charge in [0.1, 0.15) is 0 Å². The summed E-state index contributed by atoms with van der Waals surface area (Å²) in [5.74, 6) is 0. The third-order valence-electron chi connectivity index (χ3n) is 2.91. The standard InChI is InChI=1S/2C9H19N2.Co/c2*1-6-10-7-11(8(2)3)9(4)5;/h2*8-9H,6H2,1-5H3;/q2*-1;+2. The molecule has 0 aromatic rings. The molecule has 139 valence electrons. The molecule has 5 heteroatoms. The Morgan fingerprint density at radius 2 is 0.826 bits per heavy atom. The zero-order chi connectivity index (χ0) is 17.7. The largest absolute Gasteiger partial charge is 2.00 e. The zero-order valence-electron chi connectivity index (χ0n) is 16.8. The van der Waals surface area contributed by atoms with E-state index in [2.05, 4.69) is 87.9 Å². The van der Waals surface area contributed by atoms with E-state index >= 15 is 0 Å². The van der Waals surface area contributed by atoms with Crippen molar-refractivity contribution >= 4 is 12.7 Å². The molecule has 0 spiro atoms. The Balaban J connectivity index is -0.000000333. The van der Waals surface area contributed by atoms with Gasteiger partial charge in [-0.25, -0.2) is 0 Å². The van der Waals surface area contributed by atoms with Crippen LogP contribution in [0.2, 0.25) is 0 Å². The summed E-state index contributed by atoms with van der Waals surface area (Å²) in [7, 11) is 0. The summed E-state index contributed by atoms with van der Waals surface area (Å²) in [5.41, 5.74) is 0. The predicted molar refractivity (Wildman–Crippen MR) is 100 cm³/mol. The fourth-order valence-corrected chi connectivity index (χ4v) is 1.96. The van der Waals surface area contributed by atoms with Crippen LogP contribution in [-0.2, 0) is 16.8 Å². The second-order valence-electron chi connectivity index (χ2n) is 6.34. The van der Waals surface area contributed by atoms with Crippen LogP contribution < -0.4 is 0 Å². The van der Waals surface area contributed by atoms with Gasteiger partial charge >= 0.3 is 16.8 Å². The average molecular weight is 369 g/mol. The van der Waals surface area contributed by atoms with Gasteiger partial charge < -0.3 is 19.8 Å². The first-order valence-electron chi connectivity index (χ1n) is 8.59. The third kappa shape index (κ3) is 14.8. The SMILES string of the molecule is CCN=[C-]N(C(C)C)C(C)C.CCN=[C-]N(C(C)C)C(C)C.[Co+2]. The molecule has 0 unspecified atom stereocenters. The summed E-state index contributed by atoms with van der Waals surface area (Å²) in [5, 5.41) is 0. The van der Waals surface area contributed by atoms with E-state index in [1.54, 1.807) is 0 Å². The summed E-state index contributed by atoms with van der Waals surface area (Å²) in [4.78, 5) is 12.4. The molecular formula is C18H38CoN4.